The lowest BCUT2D eigenvalue weighted by Crippen LogP contribution is -2.34. The number of ether oxygens (including phenoxy) is 2. The summed E-state index contributed by atoms with van der Waals surface area (Å²) in [5.74, 6) is 1.66. The lowest BCUT2D eigenvalue weighted by atomic mass is 9.94. The van der Waals surface area contributed by atoms with Crippen LogP contribution in [-0.2, 0) is 6.42 Å². The fourth-order valence-electron chi connectivity index (χ4n) is 1.96. The minimum absolute atomic E-state index is 0.270. The number of methoxy groups -OCH3 is 2. The molecule has 2 N–H and O–H groups in total. The van der Waals surface area contributed by atoms with Crippen molar-refractivity contribution in [1.29, 1.82) is 0 Å². The Morgan fingerprint density at radius 2 is 1.76 bits per heavy atom. The summed E-state index contributed by atoms with van der Waals surface area (Å²) in [7, 11) is 3.32. The van der Waals surface area contributed by atoms with E-state index in [9.17, 15) is 0 Å². The fraction of sp³-hybridized carbons (Fsp3) is 0.538. The Labute approximate surface area is 111 Å². The van der Waals surface area contributed by atoms with Crippen molar-refractivity contribution in [2.75, 3.05) is 14.2 Å². The molecule has 0 saturated heterocycles. The van der Waals surface area contributed by atoms with Crippen molar-refractivity contribution in [3.05, 3.63) is 21.7 Å². The van der Waals surface area contributed by atoms with Crippen molar-refractivity contribution in [3.63, 3.8) is 0 Å². The van der Waals surface area contributed by atoms with Crippen LogP contribution in [-0.4, -0.2) is 19.8 Å². The van der Waals surface area contributed by atoms with Gasteiger partial charge in [0.25, 0.3) is 0 Å². The molecule has 3 nitrogen and oxygen atoms in total. The van der Waals surface area contributed by atoms with Crippen molar-refractivity contribution in [2.45, 2.75) is 32.7 Å². The first-order chi connectivity index (χ1) is 7.80. The molecule has 1 aromatic carbocycles. The summed E-state index contributed by atoms with van der Waals surface area (Å²) >= 11 is 3.51. The van der Waals surface area contributed by atoms with Gasteiger partial charge >= 0.3 is 0 Å². The Morgan fingerprint density at radius 1 is 1.24 bits per heavy atom. The van der Waals surface area contributed by atoms with Crippen LogP contribution in [0.25, 0.3) is 0 Å². The molecule has 0 atom stereocenters. The van der Waals surface area contributed by atoms with Gasteiger partial charge < -0.3 is 15.2 Å². The highest BCUT2D eigenvalue weighted by atomic mass is 79.9. The molecule has 0 aliphatic heterocycles. The van der Waals surface area contributed by atoms with Crippen molar-refractivity contribution in [1.82, 2.24) is 0 Å². The van der Waals surface area contributed by atoms with Gasteiger partial charge in [0.15, 0.2) is 0 Å². The third-order valence-electron chi connectivity index (χ3n) is 2.55. The molecule has 1 rings (SSSR count). The molecule has 4 heteroatoms. The molecule has 0 aliphatic carbocycles. The largest absolute Gasteiger partial charge is 0.496 e. The van der Waals surface area contributed by atoms with Gasteiger partial charge in [0.2, 0.25) is 0 Å². The van der Waals surface area contributed by atoms with Crippen LogP contribution in [0.2, 0.25) is 0 Å². The summed E-state index contributed by atoms with van der Waals surface area (Å²) in [5, 5.41) is 0. The first kappa shape index (κ1) is 14.3. The van der Waals surface area contributed by atoms with Gasteiger partial charge in [-0.05, 0) is 54.8 Å². The van der Waals surface area contributed by atoms with E-state index in [1.54, 1.807) is 14.2 Å². The van der Waals surface area contributed by atoms with Gasteiger partial charge in [-0.25, -0.2) is 0 Å². The molecular weight excluding hydrogens is 282 g/mol. The van der Waals surface area contributed by atoms with E-state index in [0.717, 1.165) is 33.5 Å². The quantitative estimate of drug-likeness (QED) is 0.929. The maximum Gasteiger partial charge on any atom is 0.139 e. The van der Waals surface area contributed by atoms with E-state index >= 15 is 0 Å². The molecule has 0 saturated carbocycles. The summed E-state index contributed by atoms with van der Waals surface area (Å²) in [6.07, 6.45) is 0.750. The number of rotatable bonds is 4. The second kappa shape index (κ2) is 5.27. The maximum absolute atomic E-state index is 6.06. The Balaban J connectivity index is 3.32. The summed E-state index contributed by atoms with van der Waals surface area (Å²) in [6, 6.07) is 2.01. The maximum atomic E-state index is 6.06. The van der Waals surface area contributed by atoms with Crippen LogP contribution in [0.5, 0.6) is 11.5 Å². The Bertz CT molecular complexity index is 411. The van der Waals surface area contributed by atoms with Crippen LogP contribution in [0.1, 0.15) is 25.0 Å². The van der Waals surface area contributed by atoms with Gasteiger partial charge in [0.05, 0.1) is 18.7 Å². The molecule has 96 valence electrons. The van der Waals surface area contributed by atoms with Crippen LogP contribution >= 0.6 is 15.9 Å². The van der Waals surface area contributed by atoms with Crippen molar-refractivity contribution >= 4 is 15.9 Å². The third-order valence-corrected chi connectivity index (χ3v) is 3.13. The topological polar surface area (TPSA) is 44.5 Å². The van der Waals surface area contributed by atoms with Gasteiger partial charge in [0, 0.05) is 11.1 Å². The monoisotopic (exact) mass is 301 g/mol. The van der Waals surface area contributed by atoms with Crippen molar-refractivity contribution in [3.8, 4) is 11.5 Å². The highest BCUT2D eigenvalue weighted by molar-refractivity contribution is 9.10. The van der Waals surface area contributed by atoms with Crippen molar-refractivity contribution < 1.29 is 9.47 Å². The molecule has 1 aromatic rings. The Kier molecular flexibility index (Phi) is 4.44. The molecule has 0 unspecified atom stereocenters. The standard InChI is InChI=1S/C13H20BrNO2/c1-8-11(16-4)9(7-13(2,3)15)6-10(14)12(8)17-5/h6H,7,15H2,1-5H3. The average Bonchev–Trinajstić information content (AvgIpc) is 2.15. The van der Waals surface area contributed by atoms with Crippen LogP contribution < -0.4 is 15.2 Å². The van der Waals surface area contributed by atoms with Gasteiger partial charge in [0.1, 0.15) is 11.5 Å². The normalized spacial score (nSPS) is 11.5. The highest BCUT2D eigenvalue weighted by Gasteiger charge is 2.20. The van der Waals surface area contributed by atoms with Crippen LogP contribution in [0.4, 0.5) is 0 Å². The lowest BCUT2D eigenvalue weighted by molar-refractivity contribution is 0.379. The molecule has 0 spiro atoms. The summed E-state index contributed by atoms with van der Waals surface area (Å²) in [5.41, 5.74) is 7.87. The second-order valence-corrected chi connectivity index (χ2v) is 5.73. The van der Waals surface area contributed by atoms with E-state index in [1.165, 1.54) is 0 Å². The van der Waals surface area contributed by atoms with E-state index in [0.29, 0.717) is 0 Å². The third kappa shape index (κ3) is 3.36. The smallest absolute Gasteiger partial charge is 0.139 e. The zero-order valence-electron chi connectivity index (χ0n) is 11.1. The fourth-order valence-corrected chi connectivity index (χ4v) is 2.70. The molecule has 0 aromatic heterocycles. The number of halogens is 1. The lowest BCUT2D eigenvalue weighted by Gasteiger charge is -2.22. The molecule has 17 heavy (non-hydrogen) atoms. The summed E-state index contributed by atoms with van der Waals surface area (Å²) in [6.45, 7) is 5.98. The molecule has 0 heterocycles. The van der Waals surface area contributed by atoms with Gasteiger partial charge in [-0.1, -0.05) is 0 Å². The highest BCUT2D eigenvalue weighted by Crippen LogP contribution is 2.38. The Hall–Kier alpha value is -0.740. The van der Waals surface area contributed by atoms with E-state index in [-0.39, 0.29) is 5.54 Å². The molecular formula is C13H20BrNO2. The van der Waals surface area contributed by atoms with Crippen molar-refractivity contribution in [2.24, 2.45) is 5.73 Å². The number of hydrogen-bond acceptors (Lipinski definition) is 3. The first-order valence-corrected chi connectivity index (χ1v) is 6.28. The minimum Gasteiger partial charge on any atom is -0.496 e. The van der Waals surface area contributed by atoms with E-state index in [2.05, 4.69) is 15.9 Å². The first-order valence-electron chi connectivity index (χ1n) is 5.49. The Morgan fingerprint density at radius 3 is 2.18 bits per heavy atom. The second-order valence-electron chi connectivity index (χ2n) is 4.87. The zero-order chi connectivity index (χ0) is 13.2. The van der Waals surface area contributed by atoms with Crippen LogP contribution in [0, 0.1) is 6.92 Å². The van der Waals surface area contributed by atoms with Gasteiger partial charge in [-0.3, -0.25) is 0 Å². The zero-order valence-corrected chi connectivity index (χ0v) is 12.6. The van der Waals surface area contributed by atoms with Crippen LogP contribution in [0.15, 0.2) is 10.5 Å². The molecule has 0 aliphatic rings. The van der Waals surface area contributed by atoms with Gasteiger partial charge in [-0.15, -0.1) is 0 Å². The molecule has 0 radical (unpaired) electrons. The molecule has 0 amide bonds. The predicted octanol–water partition coefficient (Wildman–Crippen LogP) is 3.05. The average molecular weight is 302 g/mol. The van der Waals surface area contributed by atoms with E-state index in [4.69, 9.17) is 15.2 Å². The minimum atomic E-state index is -0.270. The van der Waals surface area contributed by atoms with E-state index < -0.39 is 0 Å². The molecule has 0 fully saturated rings. The molecule has 0 bridgehead atoms. The SMILES string of the molecule is COc1c(Br)cc(CC(C)(C)N)c(OC)c1C. The number of hydrogen-bond donors (Lipinski definition) is 1. The summed E-state index contributed by atoms with van der Waals surface area (Å²) in [4.78, 5) is 0. The predicted molar refractivity (Wildman–Crippen MR) is 74.0 cm³/mol. The number of benzene rings is 1. The van der Waals surface area contributed by atoms with E-state index in [1.807, 2.05) is 26.8 Å². The van der Waals surface area contributed by atoms with Gasteiger partial charge in [-0.2, -0.15) is 0 Å². The number of nitrogens with two attached hydrogens (primary N) is 1. The van der Waals surface area contributed by atoms with Crippen LogP contribution in [0.3, 0.4) is 0 Å². The summed E-state index contributed by atoms with van der Waals surface area (Å²) < 4.78 is 11.7.